The molecule has 1 saturated heterocycles. The lowest BCUT2D eigenvalue weighted by molar-refractivity contribution is 0.0575. The number of likely N-dealkylation sites (tertiary alicyclic amines) is 1. The van der Waals surface area contributed by atoms with Gasteiger partial charge < -0.3 is 14.6 Å². The molecule has 2 aromatic rings. The van der Waals surface area contributed by atoms with Gasteiger partial charge in [0.2, 0.25) is 0 Å². The van der Waals surface area contributed by atoms with E-state index in [0.717, 1.165) is 16.5 Å². The SMILES string of the molecule is COC(=O)N1CCC2CC1c1c([nH]c3ccccc13)C2=O. The number of hydrogen-bond acceptors (Lipinski definition) is 3. The number of amides is 1. The normalized spacial score (nSPS) is 24.0. The molecular weight excluding hydrogens is 268 g/mol. The van der Waals surface area contributed by atoms with Crippen LogP contribution in [-0.2, 0) is 4.74 Å². The molecule has 5 heteroatoms. The molecular formula is C16H16N2O3. The van der Waals surface area contributed by atoms with E-state index in [-0.39, 0.29) is 23.8 Å². The lowest BCUT2D eigenvalue weighted by atomic mass is 9.77. The second kappa shape index (κ2) is 4.35. The number of aromatic nitrogens is 1. The zero-order valence-electron chi connectivity index (χ0n) is 11.8. The van der Waals surface area contributed by atoms with Crippen LogP contribution < -0.4 is 0 Å². The Labute approximate surface area is 121 Å². The molecule has 1 aliphatic carbocycles. The van der Waals surface area contributed by atoms with Crippen molar-refractivity contribution in [3.05, 3.63) is 35.5 Å². The van der Waals surface area contributed by atoms with Gasteiger partial charge in [0.15, 0.2) is 5.78 Å². The molecule has 0 saturated carbocycles. The third-order valence-electron chi connectivity index (χ3n) is 4.71. The van der Waals surface area contributed by atoms with Crippen molar-refractivity contribution in [1.29, 1.82) is 0 Å². The fourth-order valence-corrected chi connectivity index (χ4v) is 3.72. The van der Waals surface area contributed by atoms with Gasteiger partial charge in [-0.25, -0.2) is 4.79 Å². The molecule has 4 rings (SSSR count). The van der Waals surface area contributed by atoms with Gasteiger partial charge in [-0.05, 0) is 18.9 Å². The molecule has 2 atom stereocenters. The molecule has 1 aliphatic heterocycles. The zero-order valence-corrected chi connectivity index (χ0v) is 11.8. The van der Waals surface area contributed by atoms with Crippen LogP contribution >= 0.6 is 0 Å². The topological polar surface area (TPSA) is 62.4 Å². The first kappa shape index (κ1) is 12.4. The van der Waals surface area contributed by atoms with Crippen LogP contribution in [-0.4, -0.2) is 35.4 Å². The number of para-hydroxylation sites is 1. The van der Waals surface area contributed by atoms with Gasteiger partial charge in [-0.15, -0.1) is 0 Å². The van der Waals surface area contributed by atoms with Crippen molar-refractivity contribution in [2.75, 3.05) is 13.7 Å². The average molecular weight is 284 g/mol. The average Bonchev–Trinajstić information content (AvgIpc) is 2.91. The highest BCUT2D eigenvalue weighted by molar-refractivity contribution is 6.05. The number of methoxy groups -OCH3 is 1. The van der Waals surface area contributed by atoms with Crippen LogP contribution in [0, 0.1) is 5.92 Å². The van der Waals surface area contributed by atoms with Gasteiger partial charge in [0.25, 0.3) is 0 Å². The standard InChI is InChI=1S/C16H16N2O3/c1-21-16(20)18-7-6-9-8-12(18)13-10-4-2-3-5-11(10)17-14(13)15(9)19/h2-5,9,12,17H,6-8H2,1H3. The fourth-order valence-electron chi connectivity index (χ4n) is 3.72. The van der Waals surface area contributed by atoms with Crippen LogP contribution in [0.1, 0.15) is 34.9 Å². The van der Waals surface area contributed by atoms with Crippen molar-refractivity contribution in [3.63, 3.8) is 0 Å². The van der Waals surface area contributed by atoms with Crippen LogP contribution in [0.15, 0.2) is 24.3 Å². The smallest absolute Gasteiger partial charge is 0.409 e. The predicted octanol–water partition coefficient (Wildman–Crippen LogP) is 2.88. The molecule has 2 heterocycles. The molecule has 2 aliphatic rings. The summed E-state index contributed by atoms with van der Waals surface area (Å²) in [6.07, 6.45) is 1.09. The third kappa shape index (κ3) is 1.63. The van der Waals surface area contributed by atoms with Gasteiger partial charge in [0, 0.05) is 28.9 Å². The summed E-state index contributed by atoms with van der Waals surface area (Å²) in [6, 6.07) is 7.80. The van der Waals surface area contributed by atoms with E-state index in [0.29, 0.717) is 25.1 Å². The number of piperidine rings is 1. The van der Waals surface area contributed by atoms with E-state index >= 15 is 0 Å². The number of nitrogens with zero attached hydrogens (tertiary/aromatic N) is 1. The minimum absolute atomic E-state index is 0.0106. The predicted molar refractivity (Wildman–Crippen MR) is 77.2 cm³/mol. The van der Waals surface area contributed by atoms with Gasteiger partial charge >= 0.3 is 6.09 Å². The Bertz CT molecular complexity index is 749. The first-order valence-electron chi connectivity index (χ1n) is 7.20. The molecule has 1 amide bonds. The van der Waals surface area contributed by atoms with E-state index in [1.54, 1.807) is 4.90 Å². The van der Waals surface area contributed by atoms with Crippen molar-refractivity contribution >= 4 is 22.8 Å². The van der Waals surface area contributed by atoms with Crippen molar-refractivity contribution in [2.45, 2.75) is 18.9 Å². The maximum absolute atomic E-state index is 12.6. The van der Waals surface area contributed by atoms with Gasteiger partial charge in [0.1, 0.15) is 0 Å². The number of ether oxygens (including phenoxy) is 1. The third-order valence-corrected chi connectivity index (χ3v) is 4.71. The summed E-state index contributed by atoms with van der Waals surface area (Å²) in [6.45, 7) is 0.576. The molecule has 1 fully saturated rings. The number of nitrogens with one attached hydrogen (secondary N) is 1. The summed E-state index contributed by atoms with van der Waals surface area (Å²) >= 11 is 0. The number of ketones is 1. The Morgan fingerprint density at radius 3 is 3.00 bits per heavy atom. The second-order valence-corrected chi connectivity index (χ2v) is 5.72. The fraction of sp³-hybridized carbons (Fsp3) is 0.375. The van der Waals surface area contributed by atoms with Gasteiger partial charge in [0.05, 0.1) is 18.8 Å². The number of carbonyl (C=O) groups is 2. The molecule has 1 aromatic carbocycles. The molecule has 1 aromatic heterocycles. The summed E-state index contributed by atoms with van der Waals surface area (Å²) in [5.41, 5.74) is 2.58. The van der Waals surface area contributed by atoms with Crippen molar-refractivity contribution in [1.82, 2.24) is 9.88 Å². The molecule has 108 valence electrons. The number of fused-ring (bicyclic) bond motifs is 6. The molecule has 0 radical (unpaired) electrons. The first-order chi connectivity index (χ1) is 10.2. The number of carbonyl (C=O) groups excluding carboxylic acids is 2. The van der Waals surface area contributed by atoms with Crippen LogP contribution in [0.2, 0.25) is 0 Å². The highest BCUT2D eigenvalue weighted by atomic mass is 16.5. The molecule has 5 nitrogen and oxygen atoms in total. The Balaban J connectivity index is 1.93. The largest absolute Gasteiger partial charge is 0.453 e. The number of H-pyrrole nitrogens is 1. The summed E-state index contributed by atoms with van der Waals surface area (Å²) < 4.78 is 4.90. The Morgan fingerprint density at radius 1 is 1.38 bits per heavy atom. The Hall–Kier alpha value is -2.30. The summed E-state index contributed by atoms with van der Waals surface area (Å²) in [4.78, 5) is 29.6. The minimum atomic E-state index is -0.316. The van der Waals surface area contributed by atoms with E-state index < -0.39 is 0 Å². The summed E-state index contributed by atoms with van der Waals surface area (Å²) in [7, 11) is 1.40. The lowest BCUT2D eigenvalue weighted by Crippen LogP contribution is -2.45. The summed E-state index contributed by atoms with van der Waals surface area (Å²) in [5, 5.41) is 1.03. The van der Waals surface area contributed by atoms with Crippen LogP contribution in [0.5, 0.6) is 0 Å². The number of hydrogen-bond donors (Lipinski definition) is 1. The zero-order chi connectivity index (χ0) is 14.6. The lowest BCUT2D eigenvalue weighted by Gasteiger charge is -2.41. The van der Waals surface area contributed by atoms with Crippen LogP contribution in [0.3, 0.4) is 0 Å². The number of benzene rings is 1. The highest BCUT2D eigenvalue weighted by Gasteiger charge is 2.44. The van der Waals surface area contributed by atoms with Crippen molar-refractivity contribution in [2.24, 2.45) is 5.92 Å². The summed E-state index contributed by atoms with van der Waals surface area (Å²) in [5.74, 6) is 0.193. The molecule has 0 spiro atoms. The number of aromatic amines is 1. The Kier molecular flexibility index (Phi) is 2.58. The number of rotatable bonds is 0. The van der Waals surface area contributed by atoms with E-state index in [4.69, 9.17) is 4.74 Å². The first-order valence-corrected chi connectivity index (χ1v) is 7.20. The van der Waals surface area contributed by atoms with E-state index in [2.05, 4.69) is 4.98 Å². The quantitative estimate of drug-likeness (QED) is 0.809. The van der Waals surface area contributed by atoms with Gasteiger partial charge in [-0.1, -0.05) is 18.2 Å². The highest BCUT2D eigenvalue weighted by Crippen LogP contribution is 2.45. The molecule has 2 unspecified atom stereocenters. The molecule has 1 N–H and O–H groups in total. The Morgan fingerprint density at radius 2 is 2.19 bits per heavy atom. The maximum atomic E-state index is 12.6. The van der Waals surface area contributed by atoms with Crippen LogP contribution in [0.25, 0.3) is 10.9 Å². The van der Waals surface area contributed by atoms with Crippen LogP contribution in [0.4, 0.5) is 4.79 Å². The monoisotopic (exact) mass is 284 g/mol. The minimum Gasteiger partial charge on any atom is -0.453 e. The molecule has 2 bridgehead atoms. The van der Waals surface area contributed by atoms with E-state index in [1.165, 1.54) is 7.11 Å². The van der Waals surface area contributed by atoms with Gasteiger partial charge in [-0.3, -0.25) is 4.79 Å². The molecule has 21 heavy (non-hydrogen) atoms. The second-order valence-electron chi connectivity index (χ2n) is 5.72. The maximum Gasteiger partial charge on any atom is 0.409 e. The van der Waals surface area contributed by atoms with E-state index in [9.17, 15) is 9.59 Å². The van der Waals surface area contributed by atoms with E-state index in [1.807, 2.05) is 24.3 Å². The van der Waals surface area contributed by atoms with Gasteiger partial charge in [-0.2, -0.15) is 0 Å². The number of Topliss-reactive ketones (excluding diaryl/α,β-unsaturated/α-hetero) is 1. The van der Waals surface area contributed by atoms with Crippen molar-refractivity contribution < 1.29 is 14.3 Å². The van der Waals surface area contributed by atoms with Crippen molar-refractivity contribution in [3.8, 4) is 0 Å².